The highest BCUT2D eigenvalue weighted by Gasteiger charge is 2.29. The molecule has 154 valence electrons. The van der Waals surface area contributed by atoms with Gasteiger partial charge in [-0.3, -0.25) is 9.69 Å². The van der Waals surface area contributed by atoms with Gasteiger partial charge in [-0.15, -0.1) is 0 Å². The molecule has 1 aromatic carbocycles. The predicted octanol–water partition coefficient (Wildman–Crippen LogP) is 2.53. The van der Waals surface area contributed by atoms with E-state index in [1.165, 1.54) is 12.1 Å². The Morgan fingerprint density at radius 2 is 1.93 bits per heavy atom. The molecular weight excluding hydrogens is 381 g/mol. The number of aromatic nitrogens is 1. The second-order valence-corrected chi connectivity index (χ2v) is 7.22. The van der Waals surface area contributed by atoms with Crippen molar-refractivity contribution in [3.63, 3.8) is 0 Å². The SMILES string of the molecule is CC1CCCCN1Cc1cc(F)ccc1-c1c(C(=O)O)c(N)[nH]c(=O)c1C(=O)O. The molecule has 0 bridgehead atoms. The number of nitrogens with zero attached hydrogens (tertiary/aromatic N) is 1. The molecule has 1 atom stereocenters. The highest BCUT2D eigenvalue weighted by molar-refractivity contribution is 6.07. The van der Waals surface area contributed by atoms with Gasteiger partial charge in [0.1, 0.15) is 22.8 Å². The zero-order chi connectivity index (χ0) is 21.3. The van der Waals surface area contributed by atoms with E-state index in [4.69, 9.17) is 5.73 Å². The standard InChI is InChI=1S/C20H22FN3O5/c1-10-4-2-3-7-24(10)9-11-8-12(21)5-6-13(11)14-15(19(26)27)17(22)23-18(25)16(14)20(28)29/h5-6,8,10H,2-4,7,9H2,1H3,(H,26,27)(H,28,29)(H3,22,23,25). The van der Waals surface area contributed by atoms with E-state index < -0.39 is 40.3 Å². The Morgan fingerprint density at radius 3 is 2.55 bits per heavy atom. The van der Waals surface area contributed by atoms with Crippen LogP contribution in [0.5, 0.6) is 0 Å². The molecule has 1 aliphatic rings. The number of halogens is 1. The minimum Gasteiger partial charge on any atom is -0.478 e. The van der Waals surface area contributed by atoms with E-state index in [0.717, 1.165) is 31.9 Å². The molecule has 2 aromatic rings. The molecule has 0 saturated carbocycles. The second-order valence-electron chi connectivity index (χ2n) is 7.22. The molecule has 1 aliphatic heterocycles. The second kappa shape index (κ2) is 8.04. The first kappa shape index (κ1) is 20.5. The molecule has 1 aromatic heterocycles. The van der Waals surface area contributed by atoms with E-state index in [-0.39, 0.29) is 17.2 Å². The average molecular weight is 403 g/mol. The summed E-state index contributed by atoms with van der Waals surface area (Å²) in [6.45, 7) is 3.12. The number of likely N-dealkylation sites (tertiary alicyclic amines) is 1. The van der Waals surface area contributed by atoms with E-state index in [9.17, 15) is 29.0 Å². The summed E-state index contributed by atoms with van der Waals surface area (Å²) in [5, 5.41) is 19.2. The van der Waals surface area contributed by atoms with E-state index >= 15 is 0 Å². The van der Waals surface area contributed by atoms with Gasteiger partial charge in [0.2, 0.25) is 0 Å². The van der Waals surface area contributed by atoms with Crippen molar-refractivity contribution >= 4 is 17.8 Å². The number of carboxylic acids is 2. The number of hydrogen-bond acceptors (Lipinski definition) is 5. The molecule has 0 spiro atoms. The quantitative estimate of drug-likeness (QED) is 0.602. The first-order valence-electron chi connectivity index (χ1n) is 9.26. The molecule has 1 unspecified atom stereocenters. The lowest BCUT2D eigenvalue weighted by Crippen LogP contribution is -2.37. The molecule has 1 saturated heterocycles. The number of rotatable bonds is 5. The summed E-state index contributed by atoms with van der Waals surface area (Å²) in [7, 11) is 0. The lowest BCUT2D eigenvalue weighted by atomic mass is 9.91. The fourth-order valence-electron chi connectivity index (χ4n) is 3.86. The van der Waals surface area contributed by atoms with Gasteiger partial charge in [0, 0.05) is 18.2 Å². The van der Waals surface area contributed by atoms with E-state index in [0.29, 0.717) is 12.1 Å². The number of H-pyrrole nitrogens is 1. The lowest BCUT2D eigenvalue weighted by molar-refractivity contribution is 0.0695. The summed E-state index contributed by atoms with van der Waals surface area (Å²) >= 11 is 0. The van der Waals surface area contributed by atoms with Crippen molar-refractivity contribution in [2.24, 2.45) is 0 Å². The number of piperidine rings is 1. The van der Waals surface area contributed by atoms with Crippen molar-refractivity contribution < 1.29 is 24.2 Å². The van der Waals surface area contributed by atoms with Crippen molar-refractivity contribution in [1.82, 2.24) is 9.88 Å². The molecule has 1 fully saturated rings. The summed E-state index contributed by atoms with van der Waals surface area (Å²) in [6, 6.07) is 3.88. The third-order valence-corrected chi connectivity index (χ3v) is 5.32. The van der Waals surface area contributed by atoms with Gasteiger partial charge < -0.3 is 20.9 Å². The first-order valence-corrected chi connectivity index (χ1v) is 9.26. The van der Waals surface area contributed by atoms with Crippen LogP contribution in [0.3, 0.4) is 0 Å². The number of benzene rings is 1. The number of nitrogens with one attached hydrogen (secondary N) is 1. The zero-order valence-electron chi connectivity index (χ0n) is 15.9. The molecule has 0 amide bonds. The molecule has 0 aliphatic carbocycles. The Labute approximate surface area is 165 Å². The number of aromatic amines is 1. The van der Waals surface area contributed by atoms with Crippen LogP contribution in [0.2, 0.25) is 0 Å². The maximum atomic E-state index is 14.0. The highest BCUT2D eigenvalue weighted by atomic mass is 19.1. The number of hydrogen-bond donors (Lipinski definition) is 4. The Balaban J connectivity index is 2.27. The van der Waals surface area contributed by atoms with Crippen molar-refractivity contribution in [2.75, 3.05) is 12.3 Å². The van der Waals surface area contributed by atoms with Gasteiger partial charge in [0.25, 0.3) is 5.56 Å². The topological polar surface area (TPSA) is 137 Å². The maximum absolute atomic E-state index is 14.0. The fraction of sp³-hybridized carbons (Fsp3) is 0.350. The minimum atomic E-state index is -1.59. The number of pyridine rings is 1. The first-order chi connectivity index (χ1) is 13.7. The van der Waals surface area contributed by atoms with Gasteiger partial charge in [0.15, 0.2) is 0 Å². The van der Waals surface area contributed by atoms with Crippen LogP contribution < -0.4 is 11.3 Å². The van der Waals surface area contributed by atoms with Crippen LogP contribution in [-0.4, -0.2) is 44.6 Å². The molecule has 9 heteroatoms. The van der Waals surface area contributed by atoms with Gasteiger partial charge >= 0.3 is 11.9 Å². The van der Waals surface area contributed by atoms with Crippen molar-refractivity contribution in [1.29, 1.82) is 0 Å². The third kappa shape index (κ3) is 4.00. The van der Waals surface area contributed by atoms with Gasteiger partial charge in [-0.25, -0.2) is 14.0 Å². The van der Waals surface area contributed by atoms with Crippen LogP contribution in [0.4, 0.5) is 10.2 Å². The summed E-state index contributed by atoms with van der Waals surface area (Å²) in [6.07, 6.45) is 3.04. The summed E-state index contributed by atoms with van der Waals surface area (Å²) in [4.78, 5) is 40.1. The van der Waals surface area contributed by atoms with Crippen LogP contribution >= 0.6 is 0 Å². The smallest absolute Gasteiger partial charge is 0.342 e. The number of nitrogen functional groups attached to an aromatic ring is 1. The lowest BCUT2D eigenvalue weighted by Gasteiger charge is -2.34. The van der Waals surface area contributed by atoms with E-state index in [1.54, 1.807) is 0 Å². The molecule has 8 nitrogen and oxygen atoms in total. The van der Waals surface area contributed by atoms with Crippen LogP contribution in [-0.2, 0) is 6.54 Å². The maximum Gasteiger partial charge on any atom is 0.342 e. The molecular formula is C20H22FN3O5. The van der Waals surface area contributed by atoms with E-state index in [1.807, 2.05) is 0 Å². The van der Waals surface area contributed by atoms with Crippen molar-refractivity contribution in [3.8, 4) is 11.1 Å². The normalized spacial score (nSPS) is 17.2. The third-order valence-electron chi connectivity index (χ3n) is 5.32. The zero-order valence-corrected chi connectivity index (χ0v) is 15.9. The van der Waals surface area contributed by atoms with Crippen LogP contribution in [0.1, 0.15) is 52.5 Å². The molecule has 3 rings (SSSR count). The van der Waals surface area contributed by atoms with Gasteiger partial charge in [-0.2, -0.15) is 0 Å². The summed E-state index contributed by atoms with van der Waals surface area (Å²) in [5.74, 6) is -4.08. The van der Waals surface area contributed by atoms with Crippen LogP contribution in [0.15, 0.2) is 23.0 Å². The van der Waals surface area contributed by atoms with Crippen molar-refractivity contribution in [2.45, 2.75) is 38.8 Å². The molecule has 29 heavy (non-hydrogen) atoms. The number of aromatic carboxylic acids is 2. The van der Waals surface area contributed by atoms with Gasteiger partial charge in [0.05, 0.1) is 0 Å². The predicted molar refractivity (Wildman–Crippen MR) is 105 cm³/mol. The number of carboxylic acid groups (broad SMARTS) is 2. The molecule has 5 N–H and O–H groups in total. The van der Waals surface area contributed by atoms with Crippen LogP contribution in [0.25, 0.3) is 11.1 Å². The highest BCUT2D eigenvalue weighted by Crippen LogP contribution is 2.33. The molecule has 0 radical (unpaired) electrons. The van der Waals surface area contributed by atoms with Crippen LogP contribution in [0, 0.1) is 5.82 Å². The number of anilines is 1. The van der Waals surface area contributed by atoms with E-state index in [2.05, 4.69) is 16.8 Å². The monoisotopic (exact) mass is 403 g/mol. The average Bonchev–Trinajstić information content (AvgIpc) is 2.62. The Hall–Kier alpha value is -3.20. The summed E-state index contributed by atoms with van der Waals surface area (Å²) in [5.41, 5.74) is 3.67. The number of nitrogens with two attached hydrogens (primary N) is 1. The molecule has 2 heterocycles. The van der Waals surface area contributed by atoms with Gasteiger partial charge in [-0.1, -0.05) is 12.5 Å². The Bertz CT molecular complexity index is 1030. The Kier molecular flexibility index (Phi) is 5.69. The summed E-state index contributed by atoms with van der Waals surface area (Å²) < 4.78 is 14.0. The Morgan fingerprint density at radius 1 is 1.24 bits per heavy atom. The minimum absolute atomic E-state index is 0.164. The fourth-order valence-corrected chi connectivity index (χ4v) is 3.86. The van der Waals surface area contributed by atoms with Gasteiger partial charge in [-0.05, 0) is 49.6 Å². The number of carbonyl (C=O) groups is 2. The van der Waals surface area contributed by atoms with Crippen molar-refractivity contribution in [3.05, 3.63) is 51.1 Å². The largest absolute Gasteiger partial charge is 0.478 e.